The molecule has 66 valence electrons. The lowest BCUT2D eigenvalue weighted by molar-refractivity contribution is 0.120. The van der Waals surface area contributed by atoms with E-state index in [9.17, 15) is 4.79 Å². The number of nitrogens with zero attached hydrogens (tertiary/aromatic N) is 1. The van der Waals surface area contributed by atoms with Crippen LogP contribution in [0.25, 0.3) is 0 Å². The summed E-state index contributed by atoms with van der Waals surface area (Å²) in [5.41, 5.74) is 0. The average Bonchev–Trinajstić information content (AvgIpc) is 1.98. The summed E-state index contributed by atoms with van der Waals surface area (Å²) in [5.74, 6) is 0.410. The molecule has 1 unspecified atom stereocenters. The van der Waals surface area contributed by atoms with Crippen LogP contribution in [0.15, 0.2) is 0 Å². The lowest BCUT2D eigenvalue weighted by atomic mass is 10.2. The van der Waals surface area contributed by atoms with Gasteiger partial charge in [-0.25, -0.2) is 4.79 Å². The van der Waals surface area contributed by atoms with Gasteiger partial charge < -0.3 is 4.74 Å². The van der Waals surface area contributed by atoms with E-state index in [0.717, 1.165) is 0 Å². The van der Waals surface area contributed by atoms with E-state index in [2.05, 4.69) is 0 Å². The number of hydrogen-bond donors (Lipinski definition) is 0. The van der Waals surface area contributed by atoms with E-state index < -0.39 is 0 Å². The predicted octanol–water partition coefficient (Wildman–Crippen LogP) is 1.93. The van der Waals surface area contributed by atoms with Crippen molar-refractivity contribution in [3.8, 4) is 0 Å². The molecule has 0 aromatic heterocycles. The lowest BCUT2D eigenvalue weighted by Gasteiger charge is -2.14. The van der Waals surface area contributed by atoms with E-state index in [-0.39, 0.29) is 6.09 Å². The molecule has 0 aliphatic heterocycles. The largest absolute Gasteiger partial charge is 0.449 e. The van der Waals surface area contributed by atoms with Gasteiger partial charge in [0, 0.05) is 7.05 Å². The lowest BCUT2D eigenvalue weighted by Crippen LogP contribution is -2.21. The maximum Gasteiger partial charge on any atom is 0.412 e. The maximum atomic E-state index is 11.0. The highest BCUT2D eigenvalue weighted by atomic mass is 31.1. The highest BCUT2D eigenvalue weighted by Gasteiger charge is 2.07. The first-order valence-electron chi connectivity index (χ1n) is 3.65. The van der Waals surface area contributed by atoms with Crippen LogP contribution in [-0.2, 0) is 4.74 Å². The zero-order valence-electron chi connectivity index (χ0n) is 7.55. The Hall–Kier alpha value is -0.300. The summed E-state index contributed by atoms with van der Waals surface area (Å²) < 4.78 is 6.52. The topological polar surface area (TPSA) is 29.5 Å². The first-order chi connectivity index (χ1) is 5.07. The van der Waals surface area contributed by atoms with Crippen molar-refractivity contribution in [2.24, 2.45) is 5.92 Å². The Morgan fingerprint density at radius 1 is 1.64 bits per heavy atom. The van der Waals surface area contributed by atoms with Gasteiger partial charge in [0.1, 0.15) is 0 Å². The van der Waals surface area contributed by atoms with Gasteiger partial charge in [-0.1, -0.05) is 13.8 Å². The second-order valence-electron chi connectivity index (χ2n) is 2.75. The monoisotopic (exact) mass is 177 g/mol. The standard InChI is InChI=1S/C7H16NO2P/c1-6(2)5-10-7(9)8(3)11-4/h6,11H,5H2,1-4H3. The van der Waals surface area contributed by atoms with Crippen molar-refractivity contribution in [2.75, 3.05) is 20.3 Å². The molecule has 1 amide bonds. The molecule has 0 bridgehead atoms. The van der Waals surface area contributed by atoms with Crippen LogP contribution in [0.3, 0.4) is 0 Å². The van der Waals surface area contributed by atoms with E-state index in [4.69, 9.17) is 4.74 Å². The molecule has 4 heteroatoms. The summed E-state index contributed by atoms with van der Waals surface area (Å²) in [6.07, 6.45) is -0.223. The quantitative estimate of drug-likeness (QED) is 0.616. The van der Waals surface area contributed by atoms with Gasteiger partial charge in [0.25, 0.3) is 0 Å². The molecule has 3 nitrogen and oxygen atoms in total. The fourth-order valence-corrected chi connectivity index (χ4v) is 0.673. The number of carbonyl (C=O) groups excluding carboxylic acids is 1. The van der Waals surface area contributed by atoms with E-state index in [0.29, 0.717) is 21.3 Å². The van der Waals surface area contributed by atoms with Crippen molar-refractivity contribution in [2.45, 2.75) is 13.8 Å². The van der Waals surface area contributed by atoms with Crippen LogP contribution in [0.5, 0.6) is 0 Å². The zero-order chi connectivity index (χ0) is 8.85. The Kier molecular flexibility index (Phi) is 5.22. The highest BCUT2D eigenvalue weighted by Crippen LogP contribution is 2.10. The number of amides is 1. The van der Waals surface area contributed by atoms with Crippen LogP contribution in [0.2, 0.25) is 0 Å². The third-order valence-electron chi connectivity index (χ3n) is 1.15. The second kappa shape index (κ2) is 5.36. The molecular formula is C7H16NO2P. The van der Waals surface area contributed by atoms with Gasteiger partial charge in [0.2, 0.25) is 0 Å². The minimum absolute atomic E-state index is 0.223. The van der Waals surface area contributed by atoms with Crippen LogP contribution in [0.4, 0.5) is 4.79 Å². The zero-order valence-corrected chi connectivity index (χ0v) is 8.55. The number of rotatable bonds is 3. The molecule has 0 spiro atoms. The van der Waals surface area contributed by atoms with Crippen molar-refractivity contribution in [1.82, 2.24) is 4.67 Å². The predicted molar refractivity (Wildman–Crippen MR) is 48.2 cm³/mol. The minimum atomic E-state index is -0.223. The van der Waals surface area contributed by atoms with Crippen LogP contribution in [0, 0.1) is 5.92 Å². The molecule has 0 heterocycles. The summed E-state index contributed by atoms with van der Waals surface area (Å²) in [5, 5.41) is 0. The molecule has 0 fully saturated rings. The van der Waals surface area contributed by atoms with Gasteiger partial charge >= 0.3 is 6.09 Å². The first kappa shape index (κ1) is 10.7. The van der Waals surface area contributed by atoms with Crippen molar-refractivity contribution < 1.29 is 9.53 Å². The third kappa shape index (κ3) is 5.02. The molecule has 11 heavy (non-hydrogen) atoms. The second-order valence-corrected chi connectivity index (χ2v) is 3.87. The van der Waals surface area contributed by atoms with Gasteiger partial charge in [-0.05, 0) is 21.3 Å². The summed E-state index contributed by atoms with van der Waals surface area (Å²) >= 11 is 0. The van der Waals surface area contributed by atoms with Gasteiger partial charge in [-0.3, -0.25) is 4.67 Å². The Morgan fingerprint density at radius 3 is 2.55 bits per heavy atom. The smallest absolute Gasteiger partial charge is 0.412 e. The minimum Gasteiger partial charge on any atom is -0.449 e. The highest BCUT2D eigenvalue weighted by molar-refractivity contribution is 7.35. The number of hydrogen-bond acceptors (Lipinski definition) is 2. The third-order valence-corrected chi connectivity index (χ3v) is 2.00. The summed E-state index contributed by atoms with van der Waals surface area (Å²) in [6, 6.07) is 0. The molecule has 0 aromatic carbocycles. The summed E-state index contributed by atoms with van der Waals surface area (Å²) in [4.78, 5) is 11.0. The molecule has 0 saturated carbocycles. The van der Waals surface area contributed by atoms with Crippen molar-refractivity contribution >= 4 is 14.8 Å². The summed E-state index contributed by atoms with van der Waals surface area (Å²) in [6.45, 7) is 6.48. The molecule has 1 atom stereocenters. The van der Waals surface area contributed by atoms with Crippen LogP contribution >= 0.6 is 8.73 Å². The van der Waals surface area contributed by atoms with Gasteiger partial charge in [0.15, 0.2) is 0 Å². The number of ether oxygens (including phenoxy) is 1. The molecule has 0 aromatic rings. The first-order valence-corrected chi connectivity index (χ1v) is 5.10. The Balaban J connectivity index is 3.52. The molecule has 0 radical (unpaired) electrons. The van der Waals surface area contributed by atoms with E-state index >= 15 is 0 Å². The van der Waals surface area contributed by atoms with Gasteiger partial charge in [-0.2, -0.15) is 0 Å². The van der Waals surface area contributed by atoms with Gasteiger partial charge in [0.05, 0.1) is 6.61 Å². The van der Waals surface area contributed by atoms with E-state index in [1.165, 1.54) is 0 Å². The molecule has 0 aliphatic rings. The fourth-order valence-electron chi connectivity index (χ4n) is 0.426. The SMILES string of the molecule is CPN(C)C(=O)OCC(C)C. The van der Waals surface area contributed by atoms with E-state index in [1.807, 2.05) is 20.5 Å². The molecule has 0 saturated heterocycles. The van der Waals surface area contributed by atoms with Gasteiger partial charge in [-0.15, -0.1) is 0 Å². The Morgan fingerprint density at radius 2 is 2.18 bits per heavy atom. The molecule has 0 N–H and O–H groups in total. The maximum absolute atomic E-state index is 11.0. The van der Waals surface area contributed by atoms with Crippen LogP contribution in [-0.4, -0.2) is 31.1 Å². The molecule has 0 aliphatic carbocycles. The summed E-state index contributed by atoms with van der Waals surface area (Å²) in [7, 11) is 2.21. The molecular weight excluding hydrogens is 161 g/mol. The van der Waals surface area contributed by atoms with Crippen molar-refractivity contribution in [3.05, 3.63) is 0 Å². The van der Waals surface area contributed by atoms with Crippen LogP contribution < -0.4 is 0 Å². The van der Waals surface area contributed by atoms with Crippen LogP contribution in [0.1, 0.15) is 13.8 Å². The molecule has 0 rings (SSSR count). The Bertz CT molecular complexity index is 128. The normalized spacial score (nSPS) is 11.0. The van der Waals surface area contributed by atoms with Crippen molar-refractivity contribution in [3.63, 3.8) is 0 Å². The van der Waals surface area contributed by atoms with E-state index in [1.54, 1.807) is 11.7 Å². The average molecular weight is 177 g/mol. The van der Waals surface area contributed by atoms with Crippen molar-refractivity contribution in [1.29, 1.82) is 0 Å². The number of carbonyl (C=O) groups is 1. The fraction of sp³-hybridized carbons (Fsp3) is 0.857. The Labute approximate surface area is 69.9 Å².